The van der Waals surface area contributed by atoms with E-state index in [4.69, 9.17) is 18.5 Å². The maximum atomic E-state index is 12.8. The van der Waals surface area contributed by atoms with E-state index in [9.17, 15) is 39.8 Å². The molecular weight excluding hydrogens is 727 g/mol. The second kappa shape index (κ2) is 33.5. The van der Waals surface area contributed by atoms with Gasteiger partial charge in [-0.3, -0.25) is 13.8 Å². The van der Waals surface area contributed by atoms with Crippen molar-refractivity contribution in [3.8, 4) is 0 Å². The van der Waals surface area contributed by atoms with Gasteiger partial charge in [0.1, 0.15) is 42.7 Å². The molecule has 322 valence electrons. The molecule has 0 aromatic rings. The Labute approximate surface area is 332 Å². The summed E-state index contributed by atoms with van der Waals surface area (Å²) in [6, 6.07) is 0. The number of phosphoric acid groups is 1. The molecule has 0 radical (unpaired) electrons. The van der Waals surface area contributed by atoms with Crippen LogP contribution in [0.2, 0.25) is 0 Å². The smallest absolute Gasteiger partial charge is 0.457 e. The molecule has 6 N–H and O–H groups in total. The van der Waals surface area contributed by atoms with Crippen molar-refractivity contribution in [1.82, 2.24) is 0 Å². The van der Waals surface area contributed by atoms with Crippen molar-refractivity contribution in [3.05, 3.63) is 36.5 Å². The van der Waals surface area contributed by atoms with Crippen LogP contribution >= 0.6 is 7.82 Å². The molecule has 12 nitrogen and oxygen atoms in total. The number of ether oxygens (including phenoxy) is 2. The lowest BCUT2D eigenvalue weighted by molar-refractivity contribution is -0.220. The fourth-order valence-corrected chi connectivity index (χ4v) is 7.24. The largest absolute Gasteiger partial charge is 0.472 e. The first-order valence-corrected chi connectivity index (χ1v) is 22.8. The second-order valence-corrected chi connectivity index (χ2v) is 16.2. The van der Waals surface area contributed by atoms with Gasteiger partial charge in [0.25, 0.3) is 0 Å². The average Bonchev–Trinajstić information content (AvgIpc) is 3.17. The van der Waals surface area contributed by atoms with E-state index in [1.807, 2.05) is 0 Å². The van der Waals surface area contributed by atoms with Crippen molar-refractivity contribution >= 4 is 13.8 Å². The molecule has 1 rings (SSSR count). The minimum absolute atomic E-state index is 0.0864. The van der Waals surface area contributed by atoms with Gasteiger partial charge in [0.15, 0.2) is 0 Å². The molecule has 1 aliphatic rings. The minimum atomic E-state index is -5.02. The predicted molar refractivity (Wildman–Crippen MR) is 216 cm³/mol. The normalized spacial score (nSPS) is 23.6. The van der Waals surface area contributed by atoms with Crippen LogP contribution in [0.4, 0.5) is 0 Å². The molecule has 1 saturated carbocycles. The number of rotatable bonds is 35. The molecule has 0 heterocycles. The maximum absolute atomic E-state index is 12.8. The van der Waals surface area contributed by atoms with Crippen LogP contribution in [0.1, 0.15) is 162 Å². The SMILES string of the molecule is CCC/C=C\C/C=C\CCCCCCCC(=O)OC(COCCCCCCCC/C=C\CCCCCCC)COP(=O)(O)OC1C(O)C(O)C(O)C(O)C1O. The van der Waals surface area contributed by atoms with Crippen molar-refractivity contribution < 1.29 is 58.3 Å². The van der Waals surface area contributed by atoms with Gasteiger partial charge in [-0.25, -0.2) is 4.57 Å². The first-order chi connectivity index (χ1) is 26.5. The molecule has 13 heteroatoms. The van der Waals surface area contributed by atoms with E-state index in [-0.39, 0.29) is 13.0 Å². The van der Waals surface area contributed by atoms with Crippen molar-refractivity contribution in [2.75, 3.05) is 19.8 Å². The average molecular weight is 805 g/mol. The van der Waals surface area contributed by atoms with E-state index in [2.05, 4.69) is 50.3 Å². The third-order valence-corrected chi connectivity index (χ3v) is 10.7. The Hall–Kier alpha value is -1.44. The summed E-state index contributed by atoms with van der Waals surface area (Å²) in [7, 11) is -5.02. The second-order valence-electron chi connectivity index (χ2n) is 14.8. The van der Waals surface area contributed by atoms with Crippen LogP contribution in [-0.2, 0) is 27.9 Å². The van der Waals surface area contributed by atoms with E-state index in [1.165, 1.54) is 51.4 Å². The van der Waals surface area contributed by atoms with E-state index in [0.29, 0.717) is 13.0 Å². The number of aliphatic hydroxyl groups excluding tert-OH is 5. The number of hydrogen-bond donors (Lipinski definition) is 6. The first kappa shape index (κ1) is 51.6. The van der Waals surface area contributed by atoms with Crippen LogP contribution in [0.3, 0.4) is 0 Å². The van der Waals surface area contributed by atoms with Gasteiger partial charge in [-0.1, -0.05) is 127 Å². The molecule has 6 unspecified atom stereocenters. The van der Waals surface area contributed by atoms with E-state index >= 15 is 0 Å². The van der Waals surface area contributed by atoms with Gasteiger partial charge in [0.05, 0.1) is 13.2 Å². The highest BCUT2D eigenvalue weighted by Gasteiger charge is 2.51. The zero-order chi connectivity index (χ0) is 40.6. The van der Waals surface area contributed by atoms with Crippen molar-refractivity contribution in [3.63, 3.8) is 0 Å². The van der Waals surface area contributed by atoms with Crippen molar-refractivity contribution in [2.24, 2.45) is 0 Å². The van der Waals surface area contributed by atoms with Crippen LogP contribution < -0.4 is 0 Å². The van der Waals surface area contributed by atoms with Gasteiger partial charge in [-0.05, 0) is 64.2 Å². The number of hydrogen-bond acceptors (Lipinski definition) is 11. The van der Waals surface area contributed by atoms with Gasteiger partial charge in [0.2, 0.25) is 0 Å². The van der Waals surface area contributed by atoms with Crippen LogP contribution in [0.5, 0.6) is 0 Å². The molecule has 0 saturated heterocycles. The summed E-state index contributed by atoms with van der Waals surface area (Å²) in [5.41, 5.74) is 0. The summed E-state index contributed by atoms with van der Waals surface area (Å²) in [5, 5.41) is 50.1. The summed E-state index contributed by atoms with van der Waals surface area (Å²) >= 11 is 0. The first-order valence-electron chi connectivity index (χ1n) is 21.3. The summed E-state index contributed by atoms with van der Waals surface area (Å²) in [6.07, 6.45) is 25.0. The summed E-state index contributed by atoms with van der Waals surface area (Å²) in [4.78, 5) is 23.1. The topological polar surface area (TPSA) is 192 Å². The lowest BCUT2D eigenvalue weighted by Crippen LogP contribution is -2.64. The van der Waals surface area contributed by atoms with Crippen LogP contribution in [0.15, 0.2) is 36.5 Å². The zero-order valence-corrected chi connectivity index (χ0v) is 34.9. The number of phosphoric ester groups is 1. The van der Waals surface area contributed by atoms with Gasteiger partial charge in [-0.2, -0.15) is 0 Å². The van der Waals surface area contributed by atoms with Crippen molar-refractivity contribution in [2.45, 2.75) is 204 Å². The molecule has 0 aromatic heterocycles. The van der Waals surface area contributed by atoms with Crippen molar-refractivity contribution in [1.29, 1.82) is 0 Å². The summed E-state index contributed by atoms with van der Waals surface area (Å²) < 4.78 is 34.1. The predicted octanol–water partition coefficient (Wildman–Crippen LogP) is 7.92. The Kier molecular flexibility index (Phi) is 31.4. The molecule has 1 aliphatic carbocycles. The number of carbonyl (C=O) groups excluding carboxylic acids is 1. The molecule has 1 fully saturated rings. The molecule has 0 aliphatic heterocycles. The van der Waals surface area contributed by atoms with Gasteiger partial charge >= 0.3 is 13.8 Å². The Morgan fingerprint density at radius 2 is 1.05 bits per heavy atom. The van der Waals surface area contributed by atoms with Crippen LogP contribution in [0.25, 0.3) is 0 Å². The molecule has 0 spiro atoms. The number of aliphatic hydroxyl groups is 5. The van der Waals surface area contributed by atoms with Crippen LogP contribution in [-0.4, -0.2) is 98.9 Å². The Morgan fingerprint density at radius 3 is 1.62 bits per heavy atom. The minimum Gasteiger partial charge on any atom is -0.457 e. The highest BCUT2D eigenvalue weighted by Crippen LogP contribution is 2.47. The number of esters is 1. The monoisotopic (exact) mass is 805 g/mol. The quantitative estimate of drug-likeness (QED) is 0.0157. The zero-order valence-electron chi connectivity index (χ0n) is 34.0. The molecule has 0 aromatic carbocycles. The van der Waals surface area contributed by atoms with Gasteiger partial charge in [0, 0.05) is 13.0 Å². The van der Waals surface area contributed by atoms with Crippen LogP contribution in [0, 0.1) is 0 Å². The third-order valence-electron chi connectivity index (χ3n) is 9.72. The fourth-order valence-electron chi connectivity index (χ4n) is 6.27. The van der Waals surface area contributed by atoms with Gasteiger partial charge < -0.3 is 39.9 Å². The molecule has 55 heavy (non-hydrogen) atoms. The van der Waals surface area contributed by atoms with E-state index in [1.54, 1.807) is 0 Å². The highest BCUT2D eigenvalue weighted by atomic mass is 31.2. The highest BCUT2D eigenvalue weighted by molar-refractivity contribution is 7.47. The maximum Gasteiger partial charge on any atom is 0.472 e. The van der Waals surface area contributed by atoms with E-state index < -0.39 is 63.1 Å². The fraction of sp³-hybridized carbons (Fsp3) is 0.833. The number of allylic oxidation sites excluding steroid dienone is 6. The van der Waals surface area contributed by atoms with E-state index in [0.717, 1.165) is 83.5 Å². The summed E-state index contributed by atoms with van der Waals surface area (Å²) in [5.74, 6) is -0.495. The number of unbranched alkanes of at least 4 members (excludes halogenated alkanes) is 17. The molecule has 0 amide bonds. The Balaban J connectivity index is 2.45. The molecule has 6 atom stereocenters. The third kappa shape index (κ3) is 26.2. The molecular formula is C42H77O12P. The van der Waals surface area contributed by atoms with Gasteiger partial charge in [-0.15, -0.1) is 0 Å². The number of carbonyl (C=O) groups is 1. The lowest BCUT2D eigenvalue weighted by atomic mass is 9.85. The standard InChI is InChI=1S/C42H77O12P/c1-3-5-7-9-11-13-15-17-18-20-22-24-26-28-30-32-51-33-35(34-52-55(49,50)54-42-40(47)38(45)37(44)39(46)41(42)48)53-36(43)31-29-27-25-23-21-19-16-14-12-10-8-6-4-2/h8,10,14-17,35,37-42,44-48H,3-7,9,11-13,18-34H2,1-2H3,(H,49,50)/b10-8-,16-14-,17-15-. The molecule has 0 bridgehead atoms. The Morgan fingerprint density at radius 1 is 0.582 bits per heavy atom. The lowest BCUT2D eigenvalue weighted by Gasteiger charge is -2.41. The summed E-state index contributed by atoms with van der Waals surface area (Å²) in [6.45, 7) is 4.14. The Bertz CT molecular complexity index is 1050.